The van der Waals surface area contributed by atoms with Crippen LogP contribution in [-0.2, 0) is 38.0 Å². The Hall–Kier alpha value is -1.48. The molecule has 2 aliphatic rings. The van der Waals surface area contributed by atoms with Crippen LogP contribution in [0.5, 0.6) is 0 Å². The normalized spacial score (nSPS) is 31.0. The summed E-state index contributed by atoms with van der Waals surface area (Å²) in [5, 5.41) is 0. The second kappa shape index (κ2) is 7.41. The summed E-state index contributed by atoms with van der Waals surface area (Å²) in [5.74, 6) is -3.22. The first-order valence-corrected chi connectivity index (χ1v) is 8.28. The number of rotatable bonds is 5. The lowest BCUT2D eigenvalue weighted by atomic mass is 10.1. The van der Waals surface area contributed by atoms with E-state index in [1.165, 1.54) is 13.0 Å². The molecule has 0 aromatic rings. The summed E-state index contributed by atoms with van der Waals surface area (Å²) in [7, 11) is 0. The molecule has 2 aliphatic heterocycles. The molecule has 8 nitrogen and oxygen atoms in total. The van der Waals surface area contributed by atoms with Crippen LogP contribution >= 0.6 is 0 Å². The summed E-state index contributed by atoms with van der Waals surface area (Å²) in [4.78, 5) is 23.3. The summed E-state index contributed by atoms with van der Waals surface area (Å²) >= 11 is 0. The van der Waals surface area contributed by atoms with Gasteiger partial charge in [0.1, 0.15) is 18.3 Å². The highest BCUT2D eigenvalue weighted by atomic mass is 16.8. The molecule has 8 heteroatoms. The molecule has 0 aromatic heterocycles. The van der Waals surface area contributed by atoms with Gasteiger partial charge in [-0.15, -0.1) is 0 Å². The van der Waals surface area contributed by atoms with Gasteiger partial charge in [-0.1, -0.05) is 0 Å². The van der Waals surface area contributed by atoms with Crippen LogP contribution in [0, 0.1) is 0 Å². The average Bonchev–Trinajstić information content (AvgIpc) is 2.97. The van der Waals surface area contributed by atoms with Gasteiger partial charge in [-0.05, 0) is 40.7 Å². The van der Waals surface area contributed by atoms with Crippen LogP contribution < -0.4 is 0 Å². The third-order valence-electron chi connectivity index (χ3n) is 3.61. The predicted molar refractivity (Wildman–Crippen MR) is 85.2 cm³/mol. The molecule has 2 rings (SSSR count). The Morgan fingerprint density at radius 2 is 1.80 bits per heavy atom. The molecule has 0 saturated carbocycles. The van der Waals surface area contributed by atoms with Crippen molar-refractivity contribution in [3.05, 3.63) is 11.8 Å². The van der Waals surface area contributed by atoms with E-state index in [4.69, 9.17) is 28.4 Å². The number of carbonyl (C=O) groups excluding carboxylic acids is 2. The maximum absolute atomic E-state index is 12.0. The quantitative estimate of drug-likeness (QED) is 0.416. The minimum Gasteiger partial charge on any atom is -0.460 e. The molecule has 25 heavy (non-hydrogen) atoms. The highest BCUT2D eigenvalue weighted by molar-refractivity contribution is 5.89. The Labute approximate surface area is 147 Å². The summed E-state index contributed by atoms with van der Waals surface area (Å²) < 4.78 is 33.1. The van der Waals surface area contributed by atoms with Gasteiger partial charge in [0.25, 0.3) is 0 Å². The number of esters is 2. The van der Waals surface area contributed by atoms with Crippen LogP contribution in [0.1, 0.15) is 41.5 Å². The first-order chi connectivity index (χ1) is 11.5. The van der Waals surface area contributed by atoms with Crippen LogP contribution in [-0.4, -0.2) is 55.0 Å². The van der Waals surface area contributed by atoms with Gasteiger partial charge in [0.05, 0.1) is 13.2 Å². The van der Waals surface area contributed by atoms with Crippen molar-refractivity contribution in [2.75, 3.05) is 13.2 Å². The highest BCUT2D eigenvalue weighted by Crippen LogP contribution is 2.36. The Morgan fingerprint density at radius 3 is 2.32 bits per heavy atom. The largest absolute Gasteiger partial charge is 0.460 e. The van der Waals surface area contributed by atoms with Crippen molar-refractivity contribution in [1.29, 1.82) is 0 Å². The fraction of sp³-hybridized carbons (Fsp3) is 0.765. The SMILES string of the molecule is CCOC(=O)/C(=C/[C@H]1OC(C)(C)O[C@@H]1[C@H]1COC(C)(C)O1)OC(C)=O. The van der Waals surface area contributed by atoms with Crippen molar-refractivity contribution < 1.29 is 38.0 Å². The second-order valence-electron chi connectivity index (χ2n) is 6.78. The van der Waals surface area contributed by atoms with Crippen LogP contribution in [0.25, 0.3) is 0 Å². The van der Waals surface area contributed by atoms with Gasteiger partial charge in [-0.25, -0.2) is 4.79 Å². The molecule has 3 atom stereocenters. The van der Waals surface area contributed by atoms with E-state index >= 15 is 0 Å². The highest BCUT2D eigenvalue weighted by Gasteiger charge is 2.49. The zero-order chi connectivity index (χ0) is 18.8. The van der Waals surface area contributed by atoms with Gasteiger partial charge in [-0.3, -0.25) is 4.79 Å². The molecule has 2 heterocycles. The summed E-state index contributed by atoms with van der Waals surface area (Å²) in [6.45, 7) is 10.5. The van der Waals surface area contributed by atoms with Crippen molar-refractivity contribution in [2.24, 2.45) is 0 Å². The molecule has 2 fully saturated rings. The molecule has 142 valence electrons. The molecule has 0 radical (unpaired) electrons. The van der Waals surface area contributed by atoms with E-state index < -0.39 is 41.8 Å². The number of ether oxygens (including phenoxy) is 6. The molecule has 0 bridgehead atoms. The topological polar surface area (TPSA) is 89.5 Å². The number of hydrogen-bond acceptors (Lipinski definition) is 8. The van der Waals surface area contributed by atoms with E-state index in [0.717, 1.165) is 0 Å². The maximum Gasteiger partial charge on any atom is 0.374 e. The van der Waals surface area contributed by atoms with E-state index in [1.807, 2.05) is 13.8 Å². The third-order valence-corrected chi connectivity index (χ3v) is 3.61. The Kier molecular flexibility index (Phi) is 5.88. The molecule has 0 aromatic carbocycles. The summed E-state index contributed by atoms with van der Waals surface area (Å²) in [6, 6.07) is 0. The summed E-state index contributed by atoms with van der Waals surface area (Å²) in [6.07, 6.45) is -0.195. The molecular weight excluding hydrogens is 332 g/mol. The standard InChI is InChI=1S/C17H26O8/c1-7-20-15(19)12(22-10(2)18)8-11-14(25-17(5,6)23-11)13-9-21-16(3,4)24-13/h8,11,13-14H,7,9H2,1-6H3/b12-8-/t11-,13-,14+/m1/s1. The molecule has 0 amide bonds. The molecule has 0 unspecified atom stereocenters. The van der Waals surface area contributed by atoms with Gasteiger partial charge < -0.3 is 28.4 Å². The molecular formula is C17H26O8. The van der Waals surface area contributed by atoms with Gasteiger partial charge >= 0.3 is 11.9 Å². The lowest BCUT2D eigenvalue weighted by Gasteiger charge is -2.23. The van der Waals surface area contributed by atoms with Crippen LogP contribution in [0.3, 0.4) is 0 Å². The second-order valence-corrected chi connectivity index (χ2v) is 6.78. The minimum absolute atomic E-state index is 0.155. The number of hydrogen-bond donors (Lipinski definition) is 0. The zero-order valence-electron chi connectivity index (χ0n) is 15.5. The van der Waals surface area contributed by atoms with Gasteiger partial charge in [0.2, 0.25) is 5.76 Å². The van der Waals surface area contributed by atoms with E-state index in [1.54, 1.807) is 20.8 Å². The van der Waals surface area contributed by atoms with Crippen molar-refractivity contribution in [3.8, 4) is 0 Å². The fourth-order valence-electron chi connectivity index (χ4n) is 2.76. The molecule has 0 spiro atoms. The average molecular weight is 358 g/mol. The lowest BCUT2D eigenvalue weighted by Crippen LogP contribution is -2.38. The van der Waals surface area contributed by atoms with Gasteiger partial charge in [0.15, 0.2) is 11.6 Å². The van der Waals surface area contributed by atoms with Gasteiger partial charge in [-0.2, -0.15) is 0 Å². The first kappa shape index (κ1) is 19.8. The monoisotopic (exact) mass is 358 g/mol. The third kappa shape index (κ3) is 5.24. The van der Waals surface area contributed by atoms with E-state index in [0.29, 0.717) is 6.61 Å². The zero-order valence-corrected chi connectivity index (χ0v) is 15.5. The predicted octanol–water partition coefficient (Wildman–Crippen LogP) is 1.67. The van der Waals surface area contributed by atoms with E-state index in [9.17, 15) is 9.59 Å². The smallest absolute Gasteiger partial charge is 0.374 e. The molecule has 2 saturated heterocycles. The van der Waals surface area contributed by atoms with E-state index in [2.05, 4.69) is 0 Å². The van der Waals surface area contributed by atoms with Crippen molar-refractivity contribution in [1.82, 2.24) is 0 Å². The fourth-order valence-corrected chi connectivity index (χ4v) is 2.76. The Morgan fingerprint density at radius 1 is 1.12 bits per heavy atom. The van der Waals surface area contributed by atoms with Gasteiger partial charge in [0, 0.05) is 6.92 Å². The summed E-state index contributed by atoms with van der Waals surface area (Å²) in [5.41, 5.74) is 0. The van der Waals surface area contributed by atoms with Crippen LogP contribution in [0.4, 0.5) is 0 Å². The van der Waals surface area contributed by atoms with Crippen molar-refractivity contribution in [2.45, 2.75) is 71.4 Å². The Bertz CT molecular complexity index is 551. The Balaban J connectivity index is 2.24. The number of carbonyl (C=O) groups is 2. The minimum atomic E-state index is -0.891. The van der Waals surface area contributed by atoms with Crippen molar-refractivity contribution in [3.63, 3.8) is 0 Å². The van der Waals surface area contributed by atoms with Crippen LogP contribution in [0.2, 0.25) is 0 Å². The lowest BCUT2D eigenvalue weighted by molar-refractivity contribution is -0.174. The van der Waals surface area contributed by atoms with Crippen LogP contribution in [0.15, 0.2) is 11.8 Å². The first-order valence-electron chi connectivity index (χ1n) is 8.28. The van der Waals surface area contributed by atoms with Crippen molar-refractivity contribution >= 4 is 11.9 Å². The maximum atomic E-state index is 12.0. The van der Waals surface area contributed by atoms with E-state index in [-0.39, 0.29) is 12.4 Å². The molecule has 0 aliphatic carbocycles. The molecule has 0 N–H and O–H groups in total.